The second-order valence-electron chi connectivity index (χ2n) is 8.30. The van der Waals surface area contributed by atoms with E-state index in [4.69, 9.17) is 4.74 Å². The fourth-order valence-electron chi connectivity index (χ4n) is 3.64. The van der Waals surface area contributed by atoms with E-state index in [9.17, 15) is 37.5 Å². The first-order valence-electron chi connectivity index (χ1n) is 11.4. The number of aromatic hydroxyl groups is 1. The van der Waals surface area contributed by atoms with Crippen molar-refractivity contribution in [1.82, 2.24) is 14.9 Å². The molecule has 2 amide bonds. The Morgan fingerprint density at radius 3 is 2.47 bits per heavy atom. The molecule has 0 radical (unpaired) electrons. The summed E-state index contributed by atoms with van der Waals surface area (Å²) in [5.74, 6) is -7.36. The number of esters is 1. The highest BCUT2D eigenvalue weighted by Crippen LogP contribution is 2.23. The summed E-state index contributed by atoms with van der Waals surface area (Å²) in [5.41, 5.74) is -3.09. The van der Waals surface area contributed by atoms with Gasteiger partial charge >= 0.3 is 5.97 Å². The molecule has 2 aromatic rings. The Hall–Kier alpha value is -4.55. The number of pyridine rings is 1. The fourth-order valence-corrected chi connectivity index (χ4v) is 3.64. The Kier molecular flexibility index (Phi) is 8.61. The zero-order chi connectivity index (χ0) is 28.1. The van der Waals surface area contributed by atoms with E-state index in [2.05, 4.69) is 18.5 Å². The minimum Gasteiger partial charge on any atom is -0.502 e. The Morgan fingerprint density at radius 1 is 1.21 bits per heavy atom. The number of hydrogen-bond acceptors (Lipinski definition) is 7. The highest BCUT2D eigenvalue weighted by molar-refractivity contribution is 5.99. The molecule has 0 saturated heterocycles. The molecule has 3 rings (SSSR count). The first-order chi connectivity index (χ1) is 18.0. The summed E-state index contributed by atoms with van der Waals surface area (Å²) >= 11 is 0. The number of carbonyl (C=O) groups is 3. The van der Waals surface area contributed by atoms with Crippen molar-refractivity contribution in [2.45, 2.75) is 25.9 Å². The molecule has 2 heterocycles. The van der Waals surface area contributed by atoms with Crippen LogP contribution in [0.2, 0.25) is 0 Å². The van der Waals surface area contributed by atoms with Gasteiger partial charge < -0.3 is 20.1 Å². The number of fused-ring (bicyclic) bond motifs is 1. The molecule has 0 unspecified atom stereocenters. The highest BCUT2D eigenvalue weighted by atomic mass is 19.1. The average Bonchev–Trinajstić information content (AvgIpc) is 2.86. The van der Waals surface area contributed by atoms with Crippen molar-refractivity contribution in [2.24, 2.45) is 0 Å². The number of hydrogen-bond donors (Lipinski definition) is 2. The Bertz CT molecular complexity index is 1340. The largest absolute Gasteiger partial charge is 0.502 e. The number of nitrogens with zero attached hydrogens (tertiary/aromatic N) is 3. The second-order valence-corrected chi connectivity index (χ2v) is 8.30. The molecule has 0 fully saturated rings. The van der Waals surface area contributed by atoms with Gasteiger partial charge in [-0.3, -0.25) is 28.9 Å². The van der Waals surface area contributed by atoms with E-state index >= 15 is 0 Å². The Labute approximate surface area is 215 Å². The molecule has 202 valence electrons. The summed E-state index contributed by atoms with van der Waals surface area (Å²) in [4.78, 5) is 52.4. The zero-order valence-electron chi connectivity index (χ0n) is 20.4. The van der Waals surface area contributed by atoms with E-state index in [0.717, 1.165) is 10.9 Å². The third-order valence-electron chi connectivity index (χ3n) is 5.75. The van der Waals surface area contributed by atoms with E-state index < -0.39 is 82.4 Å². The van der Waals surface area contributed by atoms with Gasteiger partial charge in [0.25, 0.3) is 11.8 Å². The normalized spacial score (nSPS) is 13.5. The first kappa shape index (κ1) is 28.0. The summed E-state index contributed by atoms with van der Waals surface area (Å²) < 4.78 is 47.1. The summed E-state index contributed by atoms with van der Waals surface area (Å²) in [5, 5.41) is 14.0. The summed E-state index contributed by atoms with van der Waals surface area (Å²) in [6.07, 6.45) is 4.31. The molecule has 38 heavy (non-hydrogen) atoms. The minimum absolute atomic E-state index is 0.0499. The van der Waals surface area contributed by atoms with Crippen LogP contribution in [0.3, 0.4) is 0 Å². The maximum atomic E-state index is 13.9. The van der Waals surface area contributed by atoms with Crippen molar-refractivity contribution in [1.29, 1.82) is 0 Å². The van der Waals surface area contributed by atoms with Crippen molar-refractivity contribution in [3.8, 4) is 5.75 Å². The summed E-state index contributed by atoms with van der Waals surface area (Å²) in [6, 6.07) is 0.295. The molecular formula is C25H25F3N4O6. The number of benzene rings is 1. The van der Waals surface area contributed by atoms with E-state index in [1.165, 1.54) is 16.0 Å². The van der Waals surface area contributed by atoms with Crippen LogP contribution in [0.15, 0.2) is 48.4 Å². The molecule has 10 nitrogen and oxygen atoms in total. The third-order valence-corrected chi connectivity index (χ3v) is 5.75. The lowest BCUT2D eigenvalue weighted by Gasteiger charge is -2.41. The molecule has 1 aliphatic rings. The molecule has 1 atom stereocenters. The molecule has 0 saturated carbocycles. The number of halogens is 3. The number of amides is 2. The lowest BCUT2D eigenvalue weighted by molar-refractivity contribution is -0.142. The highest BCUT2D eigenvalue weighted by Gasteiger charge is 2.36. The maximum Gasteiger partial charge on any atom is 0.327 e. The van der Waals surface area contributed by atoms with Crippen molar-refractivity contribution in [2.75, 3.05) is 24.8 Å². The number of carbonyl (C=O) groups excluding carboxylic acids is 3. The van der Waals surface area contributed by atoms with Gasteiger partial charge in [-0.05, 0) is 13.3 Å². The predicted octanol–water partition coefficient (Wildman–Crippen LogP) is 1.95. The molecule has 13 heteroatoms. The van der Waals surface area contributed by atoms with Gasteiger partial charge in [-0.1, -0.05) is 12.2 Å². The fraction of sp³-hybridized carbons (Fsp3) is 0.280. The van der Waals surface area contributed by atoms with Crippen LogP contribution >= 0.6 is 0 Å². The van der Waals surface area contributed by atoms with Crippen molar-refractivity contribution in [3.05, 3.63) is 88.1 Å². The van der Waals surface area contributed by atoms with Crippen LogP contribution in [0.5, 0.6) is 5.75 Å². The Morgan fingerprint density at radius 2 is 1.87 bits per heavy atom. The molecule has 1 aromatic carbocycles. The van der Waals surface area contributed by atoms with E-state index in [1.807, 2.05) is 0 Å². The van der Waals surface area contributed by atoms with Crippen molar-refractivity contribution < 1.29 is 37.4 Å². The number of rotatable bonds is 10. The first-order valence-corrected chi connectivity index (χ1v) is 11.4. The van der Waals surface area contributed by atoms with Crippen molar-refractivity contribution in [3.63, 3.8) is 0 Å². The monoisotopic (exact) mass is 534 g/mol. The lowest BCUT2D eigenvalue weighted by Crippen LogP contribution is -2.58. The zero-order valence-corrected chi connectivity index (χ0v) is 20.4. The van der Waals surface area contributed by atoms with Crippen LogP contribution in [0.25, 0.3) is 0 Å². The molecule has 1 aliphatic heterocycles. The maximum absolute atomic E-state index is 13.9. The smallest absolute Gasteiger partial charge is 0.327 e. The van der Waals surface area contributed by atoms with Gasteiger partial charge in [-0.25, -0.2) is 13.2 Å². The van der Waals surface area contributed by atoms with Gasteiger partial charge in [-0.15, -0.1) is 13.2 Å². The minimum atomic E-state index is -1.25. The standard InChI is InChI=1S/C25H25F3N4O6/c1-4-6-7-38-20(33)12-30-13-31(14(3)5-2)25(37)21-23(35)22(34)17(11-32(21)30)24(36)29-10-16-18(27)8-15(26)9-19(16)28/h4-5,8-9,11,14,35H,1-2,6-7,10,12-13H2,3H3,(H,29,36)/t14-/m0/s1. The number of aromatic nitrogens is 1. The molecular weight excluding hydrogens is 509 g/mol. The predicted molar refractivity (Wildman–Crippen MR) is 129 cm³/mol. The molecule has 0 bridgehead atoms. The van der Waals surface area contributed by atoms with Gasteiger partial charge in [0, 0.05) is 36.5 Å². The van der Waals surface area contributed by atoms with Crippen LogP contribution in [-0.2, 0) is 16.1 Å². The van der Waals surface area contributed by atoms with Crippen LogP contribution in [0, 0.1) is 17.5 Å². The lowest BCUT2D eigenvalue weighted by atomic mass is 10.1. The van der Waals surface area contributed by atoms with E-state index in [1.54, 1.807) is 13.0 Å². The third kappa shape index (κ3) is 5.71. The summed E-state index contributed by atoms with van der Waals surface area (Å²) in [7, 11) is 0. The molecule has 0 spiro atoms. The van der Waals surface area contributed by atoms with E-state index in [0.29, 0.717) is 18.6 Å². The quantitative estimate of drug-likeness (QED) is 0.272. The SMILES string of the molecule is C=CCCOC(=O)CN1CN([C@@H](C)C=C)C(=O)c2c(O)c(=O)c(C(=O)NCc3c(F)cc(F)cc3F)cn21. The van der Waals surface area contributed by atoms with Gasteiger partial charge in [0.2, 0.25) is 5.43 Å². The molecule has 2 N–H and O–H groups in total. The van der Waals surface area contributed by atoms with Crippen LogP contribution in [0.1, 0.15) is 39.8 Å². The Balaban J connectivity index is 1.98. The van der Waals surface area contributed by atoms with Crippen LogP contribution < -0.4 is 15.8 Å². The van der Waals surface area contributed by atoms with Gasteiger partial charge in [-0.2, -0.15) is 0 Å². The summed E-state index contributed by atoms with van der Waals surface area (Å²) in [6.45, 7) is 7.45. The average molecular weight is 534 g/mol. The molecule has 0 aliphatic carbocycles. The van der Waals surface area contributed by atoms with Crippen LogP contribution in [-0.4, -0.2) is 58.3 Å². The second kappa shape index (κ2) is 11.7. The van der Waals surface area contributed by atoms with Gasteiger partial charge in [0.05, 0.1) is 6.61 Å². The topological polar surface area (TPSA) is 121 Å². The van der Waals surface area contributed by atoms with Crippen molar-refractivity contribution >= 4 is 17.8 Å². The molecule has 1 aromatic heterocycles. The van der Waals surface area contributed by atoms with Gasteiger partial charge in [0.1, 0.15) is 36.2 Å². The number of nitrogens with one attached hydrogen (secondary N) is 1. The number of ether oxygens (including phenoxy) is 1. The van der Waals surface area contributed by atoms with E-state index in [-0.39, 0.29) is 13.3 Å². The van der Waals surface area contributed by atoms with Crippen LogP contribution in [0.4, 0.5) is 13.2 Å². The van der Waals surface area contributed by atoms with Gasteiger partial charge in [0.15, 0.2) is 11.4 Å².